The van der Waals surface area contributed by atoms with Crippen LogP contribution >= 0.6 is 0 Å². The van der Waals surface area contributed by atoms with Crippen molar-refractivity contribution in [1.82, 2.24) is 10.6 Å². The zero-order valence-corrected chi connectivity index (χ0v) is 11.6. The third kappa shape index (κ3) is 3.98. The van der Waals surface area contributed by atoms with Gasteiger partial charge in [-0.05, 0) is 37.5 Å². The van der Waals surface area contributed by atoms with Crippen LogP contribution in [0.3, 0.4) is 0 Å². The molecule has 0 aromatic heterocycles. The maximum Gasteiger partial charge on any atom is 0.225 e. The van der Waals surface area contributed by atoms with Gasteiger partial charge < -0.3 is 15.7 Å². The van der Waals surface area contributed by atoms with E-state index in [1.54, 1.807) is 12.1 Å². The largest absolute Gasteiger partial charge is 0.508 e. The molecule has 5 nitrogen and oxygen atoms in total. The Balaban J connectivity index is 1.74. The van der Waals surface area contributed by atoms with Crippen molar-refractivity contribution >= 4 is 11.8 Å². The Kier molecular flexibility index (Phi) is 4.61. The van der Waals surface area contributed by atoms with Crippen molar-refractivity contribution in [2.45, 2.75) is 32.2 Å². The van der Waals surface area contributed by atoms with E-state index < -0.39 is 0 Å². The molecule has 1 aromatic carbocycles. The number of phenols is 1. The van der Waals surface area contributed by atoms with E-state index in [-0.39, 0.29) is 35.9 Å². The molecule has 1 aliphatic heterocycles. The predicted octanol–water partition coefficient (Wildman–Crippen LogP) is 0.966. The quantitative estimate of drug-likeness (QED) is 0.749. The number of hydrogen-bond acceptors (Lipinski definition) is 3. The predicted molar refractivity (Wildman–Crippen MR) is 75.1 cm³/mol. The number of nitrogens with one attached hydrogen (secondary N) is 2. The zero-order valence-electron chi connectivity index (χ0n) is 11.6. The highest BCUT2D eigenvalue weighted by Gasteiger charge is 2.28. The Labute approximate surface area is 118 Å². The number of carbonyl (C=O) groups excluding carboxylic acids is 2. The molecule has 2 rings (SSSR count). The van der Waals surface area contributed by atoms with E-state index >= 15 is 0 Å². The first-order valence-corrected chi connectivity index (χ1v) is 6.89. The summed E-state index contributed by atoms with van der Waals surface area (Å²) in [4.78, 5) is 23.0. The van der Waals surface area contributed by atoms with Crippen molar-refractivity contribution in [1.29, 1.82) is 0 Å². The highest BCUT2D eigenvalue weighted by molar-refractivity contribution is 5.89. The third-order valence-electron chi connectivity index (χ3n) is 3.54. The van der Waals surface area contributed by atoms with Crippen molar-refractivity contribution < 1.29 is 14.7 Å². The number of phenolic OH excluding ortho intramolecular Hbond substituents is 1. The van der Waals surface area contributed by atoms with Gasteiger partial charge in [-0.25, -0.2) is 0 Å². The summed E-state index contributed by atoms with van der Waals surface area (Å²) in [6.07, 6.45) is 1.95. The Morgan fingerprint density at radius 3 is 2.75 bits per heavy atom. The number of aromatic hydroxyl groups is 1. The monoisotopic (exact) mass is 276 g/mol. The van der Waals surface area contributed by atoms with E-state index in [0.717, 1.165) is 18.4 Å². The molecule has 1 fully saturated rings. The minimum atomic E-state index is -0.237. The number of amides is 2. The van der Waals surface area contributed by atoms with E-state index in [1.807, 2.05) is 19.1 Å². The Morgan fingerprint density at radius 2 is 2.15 bits per heavy atom. The number of aryl methyl sites for hydroxylation is 1. The molecule has 2 unspecified atom stereocenters. The molecule has 1 aromatic rings. The second-order valence-electron chi connectivity index (χ2n) is 5.32. The van der Waals surface area contributed by atoms with Crippen LogP contribution in [0.1, 0.15) is 25.3 Å². The fraction of sp³-hybridized carbons (Fsp3) is 0.467. The van der Waals surface area contributed by atoms with E-state index in [2.05, 4.69) is 10.6 Å². The smallest absolute Gasteiger partial charge is 0.225 e. The van der Waals surface area contributed by atoms with Gasteiger partial charge in [-0.1, -0.05) is 12.1 Å². The molecule has 20 heavy (non-hydrogen) atoms. The van der Waals surface area contributed by atoms with Crippen LogP contribution in [0.25, 0.3) is 0 Å². The molecule has 0 spiro atoms. The second kappa shape index (κ2) is 6.41. The third-order valence-corrected chi connectivity index (χ3v) is 3.54. The molecular weight excluding hydrogens is 256 g/mol. The van der Waals surface area contributed by atoms with Gasteiger partial charge in [0.25, 0.3) is 0 Å². The van der Waals surface area contributed by atoms with Crippen molar-refractivity contribution in [3.63, 3.8) is 0 Å². The van der Waals surface area contributed by atoms with Crippen molar-refractivity contribution in [3.05, 3.63) is 29.8 Å². The standard InChI is InChI=1S/C15H20N2O3/c1-10(2-3-11-4-6-13(18)7-5-11)17-15(20)12-8-14(19)16-9-12/h4-7,10,12,18H,2-3,8-9H2,1H3,(H,16,19)(H,17,20). The van der Waals surface area contributed by atoms with Gasteiger partial charge in [0.15, 0.2) is 0 Å². The van der Waals surface area contributed by atoms with Crippen LogP contribution in [0, 0.1) is 5.92 Å². The molecule has 2 atom stereocenters. The normalized spacial score (nSPS) is 19.4. The molecule has 108 valence electrons. The minimum absolute atomic E-state index is 0.0538. The van der Waals surface area contributed by atoms with Crippen LogP contribution in [0.5, 0.6) is 5.75 Å². The topological polar surface area (TPSA) is 78.4 Å². The summed E-state index contributed by atoms with van der Waals surface area (Å²) in [7, 11) is 0. The van der Waals surface area contributed by atoms with Gasteiger partial charge in [-0.15, -0.1) is 0 Å². The first-order valence-electron chi connectivity index (χ1n) is 6.89. The van der Waals surface area contributed by atoms with Crippen LogP contribution in [-0.2, 0) is 16.0 Å². The molecule has 0 saturated carbocycles. The van der Waals surface area contributed by atoms with Gasteiger partial charge in [0.2, 0.25) is 11.8 Å². The number of hydrogen-bond donors (Lipinski definition) is 3. The Hall–Kier alpha value is -2.04. The lowest BCUT2D eigenvalue weighted by Crippen LogP contribution is -2.38. The first-order chi connectivity index (χ1) is 9.54. The van der Waals surface area contributed by atoms with Gasteiger partial charge >= 0.3 is 0 Å². The maximum atomic E-state index is 11.9. The Morgan fingerprint density at radius 1 is 1.45 bits per heavy atom. The van der Waals surface area contributed by atoms with Crippen molar-refractivity contribution in [3.8, 4) is 5.75 Å². The first kappa shape index (κ1) is 14.4. The lowest BCUT2D eigenvalue weighted by atomic mass is 10.0. The molecule has 0 bridgehead atoms. The Bertz CT molecular complexity index is 484. The van der Waals surface area contributed by atoms with E-state index in [4.69, 9.17) is 0 Å². The highest BCUT2D eigenvalue weighted by atomic mass is 16.3. The molecule has 0 radical (unpaired) electrons. The van der Waals surface area contributed by atoms with Gasteiger partial charge in [0, 0.05) is 19.0 Å². The molecule has 2 amide bonds. The van der Waals surface area contributed by atoms with Gasteiger partial charge in [0.05, 0.1) is 5.92 Å². The highest BCUT2D eigenvalue weighted by Crippen LogP contribution is 2.13. The fourth-order valence-electron chi connectivity index (χ4n) is 2.27. The lowest BCUT2D eigenvalue weighted by Gasteiger charge is -2.16. The average Bonchev–Trinajstić information content (AvgIpc) is 2.85. The lowest BCUT2D eigenvalue weighted by molar-refractivity contribution is -0.127. The van der Waals surface area contributed by atoms with Crippen LogP contribution in [0.2, 0.25) is 0 Å². The molecule has 1 heterocycles. The fourth-order valence-corrected chi connectivity index (χ4v) is 2.27. The number of rotatable bonds is 5. The summed E-state index contributed by atoms with van der Waals surface area (Å²) in [5, 5.41) is 14.8. The van der Waals surface area contributed by atoms with Crippen molar-refractivity contribution in [2.24, 2.45) is 5.92 Å². The van der Waals surface area contributed by atoms with Crippen LogP contribution in [-0.4, -0.2) is 29.5 Å². The summed E-state index contributed by atoms with van der Waals surface area (Å²) >= 11 is 0. The summed E-state index contributed by atoms with van der Waals surface area (Å²) in [5.41, 5.74) is 1.13. The SMILES string of the molecule is CC(CCc1ccc(O)cc1)NC(=O)C1CNC(=O)C1. The van der Waals surface area contributed by atoms with Gasteiger partial charge in [-0.2, -0.15) is 0 Å². The van der Waals surface area contributed by atoms with E-state index in [1.165, 1.54) is 0 Å². The number of carbonyl (C=O) groups is 2. The summed E-state index contributed by atoms with van der Waals surface area (Å²) in [6.45, 7) is 2.40. The molecule has 1 aliphatic rings. The van der Waals surface area contributed by atoms with E-state index in [0.29, 0.717) is 6.54 Å². The maximum absolute atomic E-state index is 11.9. The van der Waals surface area contributed by atoms with Gasteiger partial charge in [-0.3, -0.25) is 9.59 Å². The van der Waals surface area contributed by atoms with Crippen LogP contribution in [0.4, 0.5) is 0 Å². The molecule has 5 heteroatoms. The van der Waals surface area contributed by atoms with Crippen LogP contribution in [0.15, 0.2) is 24.3 Å². The average molecular weight is 276 g/mol. The van der Waals surface area contributed by atoms with Crippen molar-refractivity contribution in [2.75, 3.05) is 6.54 Å². The summed E-state index contributed by atoms with van der Waals surface area (Å²) in [5.74, 6) is -0.0874. The molecular formula is C15H20N2O3. The molecule has 0 aliphatic carbocycles. The minimum Gasteiger partial charge on any atom is -0.508 e. The summed E-state index contributed by atoms with van der Waals surface area (Å²) < 4.78 is 0. The molecule has 1 saturated heterocycles. The van der Waals surface area contributed by atoms with Crippen LogP contribution < -0.4 is 10.6 Å². The summed E-state index contributed by atoms with van der Waals surface area (Å²) in [6, 6.07) is 7.14. The van der Waals surface area contributed by atoms with E-state index in [9.17, 15) is 14.7 Å². The van der Waals surface area contributed by atoms with Gasteiger partial charge in [0.1, 0.15) is 5.75 Å². The number of benzene rings is 1. The zero-order chi connectivity index (χ0) is 14.5. The second-order valence-corrected chi connectivity index (χ2v) is 5.32. The molecule has 3 N–H and O–H groups in total.